The molecule has 0 radical (unpaired) electrons. The molecule has 0 amide bonds. The van der Waals surface area contributed by atoms with E-state index in [0.29, 0.717) is 11.6 Å². The van der Waals surface area contributed by atoms with Gasteiger partial charge in [0, 0.05) is 33.5 Å². The maximum atomic E-state index is 6.06. The van der Waals surface area contributed by atoms with Crippen molar-refractivity contribution >= 4 is 33.5 Å². The van der Waals surface area contributed by atoms with Crippen LogP contribution >= 0.6 is 11.6 Å². The van der Waals surface area contributed by atoms with Gasteiger partial charge in [0.2, 0.25) is 0 Å². The Balaban J connectivity index is 1.43. The molecule has 0 N–H and O–H groups in total. The lowest BCUT2D eigenvalue weighted by molar-refractivity contribution is -0.903. The van der Waals surface area contributed by atoms with Gasteiger partial charge in [0.15, 0.2) is 0 Å². The number of quaternary nitrogens is 1. The molecule has 0 aliphatic carbocycles. The van der Waals surface area contributed by atoms with Gasteiger partial charge in [-0.3, -0.25) is 0 Å². The number of furan rings is 1. The predicted octanol–water partition coefficient (Wildman–Crippen LogP) is 5.89. The summed E-state index contributed by atoms with van der Waals surface area (Å²) in [7, 11) is 4.45. The fraction of sp³-hybridized carbons (Fsp3) is 0.217. The molecule has 0 atom stereocenters. The molecule has 0 aliphatic heterocycles. The van der Waals surface area contributed by atoms with Crippen LogP contribution in [0.5, 0.6) is 5.75 Å². The second-order valence-corrected chi connectivity index (χ2v) is 7.99. The molecule has 138 valence electrons. The summed E-state index contributed by atoms with van der Waals surface area (Å²) in [6.45, 7) is 2.55. The summed E-state index contributed by atoms with van der Waals surface area (Å²) in [6, 6.07) is 22.3. The third-order valence-electron chi connectivity index (χ3n) is 4.83. The van der Waals surface area contributed by atoms with E-state index < -0.39 is 0 Å². The Kier molecular flexibility index (Phi) is 4.81. The van der Waals surface area contributed by atoms with E-state index in [0.717, 1.165) is 45.3 Å². The lowest BCUT2D eigenvalue weighted by atomic mass is 10.1. The van der Waals surface area contributed by atoms with Crippen molar-refractivity contribution in [2.75, 3.05) is 27.2 Å². The average molecular weight is 381 g/mol. The summed E-state index contributed by atoms with van der Waals surface area (Å²) >= 11 is 6.06. The maximum Gasteiger partial charge on any atom is 0.139 e. The van der Waals surface area contributed by atoms with Gasteiger partial charge < -0.3 is 13.6 Å². The number of likely N-dealkylation sites (N-methyl/N-ethyl adjacent to an activating group) is 1. The van der Waals surface area contributed by atoms with Crippen molar-refractivity contribution in [1.29, 1.82) is 0 Å². The first-order chi connectivity index (χ1) is 13.0. The van der Waals surface area contributed by atoms with Gasteiger partial charge in [0.25, 0.3) is 0 Å². The van der Waals surface area contributed by atoms with Crippen molar-refractivity contribution in [3.05, 3.63) is 77.3 Å². The number of hydrogen-bond acceptors (Lipinski definition) is 2. The molecule has 0 bridgehead atoms. The molecule has 3 aromatic carbocycles. The normalized spacial score (nSPS) is 12.0. The van der Waals surface area contributed by atoms with Gasteiger partial charge in [-0.05, 0) is 24.3 Å². The number of hydrogen-bond donors (Lipinski definition) is 0. The Morgan fingerprint density at radius 1 is 0.889 bits per heavy atom. The van der Waals surface area contributed by atoms with Crippen LogP contribution in [0.4, 0.5) is 0 Å². The fourth-order valence-corrected chi connectivity index (χ4v) is 3.55. The van der Waals surface area contributed by atoms with E-state index in [1.54, 1.807) is 0 Å². The Hall–Kier alpha value is -2.49. The largest absolute Gasteiger partial charge is 0.488 e. The van der Waals surface area contributed by atoms with Crippen molar-refractivity contribution < 1.29 is 13.6 Å². The molecule has 0 spiro atoms. The summed E-state index contributed by atoms with van der Waals surface area (Å²) in [5, 5.41) is 2.83. The number of benzene rings is 3. The van der Waals surface area contributed by atoms with E-state index in [1.807, 2.05) is 36.4 Å². The van der Waals surface area contributed by atoms with E-state index in [2.05, 4.69) is 44.4 Å². The maximum absolute atomic E-state index is 6.06. The third-order valence-corrected chi connectivity index (χ3v) is 5.06. The molecule has 0 aliphatic rings. The van der Waals surface area contributed by atoms with Crippen LogP contribution in [-0.4, -0.2) is 31.7 Å². The van der Waals surface area contributed by atoms with Crippen molar-refractivity contribution in [1.82, 2.24) is 0 Å². The molecule has 0 unspecified atom stereocenters. The van der Waals surface area contributed by atoms with Gasteiger partial charge >= 0.3 is 0 Å². The molecule has 1 aromatic heterocycles. The van der Waals surface area contributed by atoms with Gasteiger partial charge in [-0.15, -0.1) is 0 Å². The minimum atomic E-state index is 0.650. The van der Waals surface area contributed by atoms with E-state index >= 15 is 0 Å². The second-order valence-electron chi connectivity index (χ2n) is 7.55. The molecule has 4 heteroatoms. The molecule has 4 aromatic rings. The van der Waals surface area contributed by atoms with E-state index in [9.17, 15) is 0 Å². The summed E-state index contributed by atoms with van der Waals surface area (Å²) in [6.07, 6.45) is 0. The lowest BCUT2D eigenvalue weighted by Crippen LogP contribution is -2.41. The van der Waals surface area contributed by atoms with Crippen LogP contribution in [-0.2, 0) is 6.54 Å². The van der Waals surface area contributed by atoms with Crippen molar-refractivity contribution in [3.8, 4) is 5.75 Å². The van der Waals surface area contributed by atoms with Gasteiger partial charge in [-0.2, -0.15) is 0 Å². The third kappa shape index (κ3) is 4.10. The summed E-state index contributed by atoms with van der Waals surface area (Å²) in [4.78, 5) is 0. The Bertz CT molecular complexity index is 1070. The number of rotatable bonds is 6. The summed E-state index contributed by atoms with van der Waals surface area (Å²) in [5.74, 6) is 0.826. The highest BCUT2D eigenvalue weighted by atomic mass is 35.5. The SMILES string of the molecule is C[N+](C)(CCOc1ccc2c(c1)oc1cc(Cl)ccc12)Cc1ccccc1. The molecular weight excluding hydrogens is 358 g/mol. The smallest absolute Gasteiger partial charge is 0.139 e. The van der Waals surface area contributed by atoms with Crippen molar-refractivity contribution in [3.63, 3.8) is 0 Å². The van der Waals surface area contributed by atoms with Crippen molar-refractivity contribution in [2.24, 2.45) is 0 Å². The van der Waals surface area contributed by atoms with Crippen LogP contribution in [0.2, 0.25) is 5.02 Å². The van der Waals surface area contributed by atoms with Gasteiger partial charge in [0.05, 0.1) is 14.1 Å². The summed E-state index contributed by atoms with van der Waals surface area (Å²) < 4.78 is 12.8. The molecule has 0 saturated carbocycles. The molecule has 4 rings (SSSR count). The number of fused-ring (bicyclic) bond motifs is 3. The van der Waals surface area contributed by atoms with Crippen LogP contribution in [0.25, 0.3) is 21.9 Å². The summed E-state index contributed by atoms with van der Waals surface area (Å²) in [5.41, 5.74) is 2.96. The first-order valence-corrected chi connectivity index (χ1v) is 9.49. The molecular formula is C23H23ClNO2+. The zero-order valence-electron chi connectivity index (χ0n) is 15.6. The minimum Gasteiger partial charge on any atom is -0.488 e. The van der Waals surface area contributed by atoms with Crippen LogP contribution in [0.15, 0.2) is 71.1 Å². The van der Waals surface area contributed by atoms with E-state index in [-0.39, 0.29) is 0 Å². The quantitative estimate of drug-likeness (QED) is 0.389. The lowest BCUT2D eigenvalue weighted by Gasteiger charge is -2.29. The first kappa shape index (κ1) is 17.9. The van der Waals surface area contributed by atoms with Crippen LogP contribution in [0.3, 0.4) is 0 Å². The average Bonchev–Trinajstić information content (AvgIpc) is 2.98. The van der Waals surface area contributed by atoms with Crippen LogP contribution in [0, 0.1) is 0 Å². The second kappa shape index (κ2) is 7.26. The van der Waals surface area contributed by atoms with Crippen LogP contribution < -0.4 is 4.74 Å². The number of halogens is 1. The highest BCUT2D eigenvalue weighted by Crippen LogP contribution is 2.32. The molecule has 3 nitrogen and oxygen atoms in total. The Labute approximate surface area is 164 Å². The number of nitrogens with zero attached hydrogens (tertiary/aromatic N) is 1. The van der Waals surface area contributed by atoms with Crippen LogP contribution in [0.1, 0.15) is 5.56 Å². The molecule has 1 heterocycles. The molecule has 27 heavy (non-hydrogen) atoms. The van der Waals surface area contributed by atoms with Crippen molar-refractivity contribution in [2.45, 2.75) is 6.54 Å². The first-order valence-electron chi connectivity index (χ1n) is 9.11. The highest BCUT2D eigenvalue weighted by molar-refractivity contribution is 6.31. The monoisotopic (exact) mass is 380 g/mol. The Morgan fingerprint density at radius 2 is 1.59 bits per heavy atom. The topological polar surface area (TPSA) is 22.4 Å². The fourth-order valence-electron chi connectivity index (χ4n) is 3.39. The zero-order valence-corrected chi connectivity index (χ0v) is 16.4. The standard InChI is InChI=1S/C23H23ClNO2/c1-25(2,16-17-6-4-3-5-7-17)12-13-26-19-9-11-21-20-10-8-18(24)14-22(20)27-23(21)15-19/h3-11,14-15H,12-13,16H2,1-2H3/q+1. The molecule has 0 saturated heterocycles. The minimum absolute atomic E-state index is 0.650. The van der Waals surface area contributed by atoms with Gasteiger partial charge in [0.1, 0.15) is 36.6 Å². The van der Waals surface area contributed by atoms with Gasteiger partial charge in [-0.25, -0.2) is 0 Å². The zero-order chi connectivity index (χ0) is 18.9. The molecule has 0 fully saturated rings. The van der Waals surface area contributed by atoms with Gasteiger partial charge in [-0.1, -0.05) is 41.9 Å². The van der Waals surface area contributed by atoms with E-state index in [1.165, 1.54) is 5.56 Å². The predicted molar refractivity (Wildman–Crippen MR) is 111 cm³/mol. The van der Waals surface area contributed by atoms with E-state index in [4.69, 9.17) is 20.8 Å². The number of ether oxygens (including phenoxy) is 1. The Morgan fingerprint density at radius 3 is 2.37 bits per heavy atom. The highest BCUT2D eigenvalue weighted by Gasteiger charge is 2.16.